The number of carbonyl (C=O) groups excluding carboxylic acids is 1. The minimum absolute atomic E-state index is 0.176. The highest BCUT2D eigenvalue weighted by molar-refractivity contribution is 9.09. The van der Waals surface area contributed by atoms with E-state index in [-0.39, 0.29) is 11.9 Å². The maximum Gasteiger partial charge on any atom is 0.281 e. The summed E-state index contributed by atoms with van der Waals surface area (Å²) in [6.07, 6.45) is 2.18. The van der Waals surface area contributed by atoms with E-state index in [2.05, 4.69) is 31.3 Å². The summed E-state index contributed by atoms with van der Waals surface area (Å²) < 4.78 is 0. The molecule has 4 rings (SSSR count). The highest BCUT2D eigenvalue weighted by Gasteiger charge is 2.45. The third-order valence-electron chi connectivity index (χ3n) is 4.31. The summed E-state index contributed by atoms with van der Waals surface area (Å²) in [4.78, 5) is 17.8. The minimum atomic E-state index is -0.659. The van der Waals surface area contributed by atoms with Crippen LogP contribution in [0.5, 0.6) is 0 Å². The Morgan fingerprint density at radius 3 is 2.83 bits per heavy atom. The maximum absolute atomic E-state index is 12.7. The molecule has 124 valence electrons. The number of halogens is 1. The monoisotopic (exact) mass is 405 g/mol. The van der Waals surface area contributed by atoms with Gasteiger partial charge in [0.15, 0.2) is 11.2 Å². The molecule has 6 nitrogen and oxygen atoms in total. The van der Waals surface area contributed by atoms with Crippen LogP contribution < -0.4 is 0 Å². The van der Waals surface area contributed by atoms with Crippen molar-refractivity contribution in [3.63, 3.8) is 0 Å². The molecular formula is C16H16BrN5OS. The number of azo groups is 1. The minimum Gasteiger partial charge on any atom is -0.269 e. The van der Waals surface area contributed by atoms with E-state index in [1.54, 1.807) is 18.7 Å². The predicted octanol–water partition coefficient (Wildman–Crippen LogP) is 3.75. The zero-order valence-corrected chi connectivity index (χ0v) is 15.4. The third-order valence-corrected chi connectivity index (χ3v) is 7.10. The fourth-order valence-electron chi connectivity index (χ4n) is 3.03. The van der Waals surface area contributed by atoms with Gasteiger partial charge in [0.1, 0.15) is 0 Å². The Morgan fingerprint density at radius 2 is 2.08 bits per heavy atom. The summed E-state index contributed by atoms with van der Waals surface area (Å²) in [6, 6.07) is 9.01. The SMILES string of the molecule is CC1=NN(C2=N[C@@H]3CC[C@H](Br)[C@H]3S2)C(=O)[C@H]1N=Nc1ccccc1. The second-order valence-corrected chi connectivity index (χ2v) is 8.32. The van der Waals surface area contributed by atoms with Gasteiger partial charge in [0.05, 0.1) is 17.4 Å². The number of amidine groups is 1. The van der Waals surface area contributed by atoms with Gasteiger partial charge in [-0.2, -0.15) is 20.3 Å². The Labute approximate surface area is 152 Å². The lowest BCUT2D eigenvalue weighted by Crippen LogP contribution is -2.32. The summed E-state index contributed by atoms with van der Waals surface area (Å²) in [7, 11) is 0. The van der Waals surface area contributed by atoms with Gasteiger partial charge in [0.25, 0.3) is 5.91 Å². The molecule has 8 heteroatoms. The molecule has 1 fully saturated rings. The van der Waals surface area contributed by atoms with Crippen LogP contribution in [0.1, 0.15) is 19.8 Å². The fraction of sp³-hybridized carbons (Fsp3) is 0.438. The van der Waals surface area contributed by atoms with Crippen molar-refractivity contribution < 1.29 is 4.79 Å². The molecule has 0 radical (unpaired) electrons. The molecule has 0 aromatic heterocycles. The number of alkyl halides is 1. The van der Waals surface area contributed by atoms with Crippen molar-refractivity contribution in [1.29, 1.82) is 0 Å². The molecule has 0 saturated heterocycles. The quantitative estimate of drug-likeness (QED) is 0.555. The number of carbonyl (C=O) groups is 1. The van der Waals surface area contributed by atoms with E-state index in [0.29, 0.717) is 21.0 Å². The van der Waals surface area contributed by atoms with Gasteiger partial charge >= 0.3 is 0 Å². The molecule has 0 unspecified atom stereocenters. The summed E-state index contributed by atoms with van der Waals surface area (Å²) in [5, 5.41) is 15.2. The van der Waals surface area contributed by atoms with Crippen molar-refractivity contribution in [2.75, 3.05) is 0 Å². The van der Waals surface area contributed by atoms with Crippen LogP contribution in [0.3, 0.4) is 0 Å². The van der Waals surface area contributed by atoms with Gasteiger partial charge < -0.3 is 0 Å². The molecule has 2 heterocycles. The lowest BCUT2D eigenvalue weighted by molar-refractivity contribution is -0.125. The van der Waals surface area contributed by atoms with Crippen molar-refractivity contribution in [1.82, 2.24) is 5.01 Å². The lowest BCUT2D eigenvalue weighted by Gasteiger charge is -2.14. The fourth-order valence-corrected chi connectivity index (χ4v) is 5.28. The molecule has 24 heavy (non-hydrogen) atoms. The second kappa shape index (κ2) is 6.40. The van der Waals surface area contributed by atoms with Crippen molar-refractivity contribution in [2.45, 2.75) is 41.9 Å². The second-order valence-electron chi connectivity index (χ2n) is 6.00. The summed E-state index contributed by atoms with van der Waals surface area (Å²) in [5.74, 6) is -0.176. The van der Waals surface area contributed by atoms with Gasteiger partial charge in [-0.25, -0.2) is 0 Å². The first-order chi connectivity index (χ1) is 11.6. The molecule has 1 amide bonds. The molecule has 1 aromatic carbocycles. The van der Waals surface area contributed by atoms with Crippen LogP contribution in [0, 0.1) is 0 Å². The summed E-state index contributed by atoms with van der Waals surface area (Å²) >= 11 is 5.34. The van der Waals surface area contributed by atoms with Crippen LogP contribution >= 0.6 is 27.7 Å². The van der Waals surface area contributed by atoms with Gasteiger partial charge in [0, 0.05) is 10.1 Å². The van der Waals surface area contributed by atoms with Gasteiger partial charge in [0.2, 0.25) is 0 Å². The van der Waals surface area contributed by atoms with E-state index in [4.69, 9.17) is 4.99 Å². The number of benzene rings is 1. The first-order valence-electron chi connectivity index (χ1n) is 7.87. The Balaban J connectivity index is 1.50. The first kappa shape index (κ1) is 16.0. The molecule has 0 spiro atoms. The largest absolute Gasteiger partial charge is 0.281 e. The van der Waals surface area contributed by atoms with E-state index in [0.717, 1.165) is 18.5 Å². The number of rotatable bonds is 2. The lowest BCUT2D eigenvalue weighted by atomic mass is 10.2. The van der Waals surface area contributed by atoms with Crippen molar-refractivity contribution in [2.24, 2.45) is 20.3 Å². The summed E-state index contributed by atoms with van der Waals surface area (Å²) in [6.45, 7) is 1.81. The Morgan fingerprint density at radius 1 is 1.29 bits per heavy atom. The maximum atomic E-state index is 12.7. The smallest absolute Gasteiger partial charge is 0.269 e. The number of aliphatic imine (C=N–C) groups is 1. The Kier molecular flexibility index (Phi) is 4.26. The average molecular weight is 406 g/mol. The number of hydrogen-bond acceptors (Lipinski definition) is 6. The standard InChI is InChI=1S/C16H16BrN5OS/c1-9-13(20-19-10-5-3-2-4-6-10)15(23)22(21-9)16-18-12-8-7-11(17)14(12)24-16/h2-6,11-14H,7-8H2,1H3/t11-,12+,13-,14+/m0/s1. The van der Waals surface area contributed by atoms with Gasteiger partial charge in [-0.1, -0.05) is 45.9 Å². The number of hydrazone groups is 1. The van der Waals surface area contributed by atoms with E-state index >= 15 is 0 Å². The van der Waals surface area contributed by atoms with Crippen LogP contribution in [0.4, 0.5) is 5.69 Å². The van der Waals surface area contributed by atoms with Gasteiger partial charge in [-0.3, -0.25) is 9.79 Å². The molecular weight excluding hydrogens is 390 g/mol. The highest BCUT2D eigenvalue weighted by Crippen LogP contribution is 2.43. The topological polar surface area (TPSA) is 69.8 Å². The summed E-state index contributed by atoms with van der Waals surface area (Å²) in [5.41, 5.74) is 1.37. The van der Waals surface area contributed by atoms with Gasteiger partial charge in [-0.15, -0.1) is 0 Å². The molecule has 4 atom stereocenters. The highest BCUT2D eigenvalue weighted by atomic mass is 79.9. The molecule has 1 saturated carbocycles. The molecule has 1 aromatic rings. The number of nitrogens with zero attached hydrogens (tertiary/aromatic N) is 5. The predicted molar refractivity (Wildman–Crippen MR) is 99.3 cm³/mol. The normalized spacial score (nSPS) is 32.4. The van der Waals surface area contributed by atoms with Crippen LogP contribution in [0.2, 0.25) is 0 Å². The van der Waals surface area contributed by atoms with Crippen LogP contribution in [-0.2, 0) is 4.79 Å². The number of thioether (sulfide) groups is 1. The van der Waals surface area contributed by atoms with Crippen LogP contribution in [-0.4, -0.2) is 44.0 Å². The molecule has 0 N–H and O–H groups in total. The third kappa shape index (κ3) is 2.82. The molecule has 1 aliphatic carbocycles. The van der Waals surface area contributed by atoms with Crippen molar-refractivity contribution in [3.8, 4) is 0 Å². The number of hydrogen-bond donors (Lipinski definition) is 0. The van der Waals surface area contributed by atoms with E-state index in [1.807, 2.05) is 30.3 Å². The molecule has 2 aliphatic heterocycles. The molecule has 3 aliphatic rings. The van der Waals surface area contributed by atoms with Crippen molar-refractivity contribution >= 4 is 50.2 Å². The van der Waals surface area contributed by atoms with Crippen LogP contribution in [0.25, 0.3) is 0 Å². The van der Waals surface area contributed by atoms with Crippen molar-refractivity contribution in [3.05, 3.63) is 30.3 Å². The molecule has 0 bridgehead atoms. The van der Waals surface area contributed by atoms with E-state index in [9.17, 15) is 4.79 Å². The van der Waals surface area contributed by atoms with E-state index in [1.165, 1.54) is 5.01 Å². The number of amides is 1. The Bertz CT molecular complexity index is 750. The van der Waals surface area contributed by atoms with Crippen LogP contribution in [0.15, 0.2) is 50.7 Å². The zero-order valence-electron chi connectivity index (χ0n) is 13.0. The Hall–Kier alpha value is -1.54. The average Bonchev–Trinajstić information content (AvgIpc) is 3.23. The zero-order chi connectivity index (χ0) is 16.7. The van der Waals surface area contributed by atoms with E-state index < -0.39 is 6.04 Å². The van der Waals surface area contributed by atoms with Gasteiger partial charge in [-0.05, 0) is 31.9 Å². The first-order valence-corrected chi connectivity index (χ1v) is 9.66. The number of fused-ring (bicyclic) bond motifs is 1.